The van der Waals surface area contributed by atoms with E-state index in [0.717, 1.165) is 25.1 Å². The van der Waals surface area contributed by atoms with Crippen LogP contribution >= 0.6 is 11.6 Å². The Morgan fingerprint density at radius 1 is 1.29 bits per heavy atom. The van der Waals surface area contributed by atoms with Crippen molar-refractivity contribution in [3.05, 3.63) is 34.9 Å². The maximum absolute atomic E-state index is 9.79. The lowest BCUT2D eigenvalue weighted by molar-refractivity contribution is 0.0282. The van der Waals surface area contributed by atoms with E-state index in [1.807, 2.05) is 38.1 Å². The molecule has 0 aromatic heterocycles. The standard InChI is InChI=1S/C16H26ClNO3/c1-13(2)21-9-5-8-18-10-15(19)12-20-11-14-6-3-4-7-16(14)17/h3-4,6-7,13,15,18-19H,5,8-12H2,1-2H3. The number of aliphatic hydroxyl groups is 1. The van der Waals surface area contributed by atoms with Gasteiger partial charge >= 0.3 is 0 Å². The zero-order valence-corrected chi connectivity index (χ0v) is 13.6. The van der Waals surface area contributed by atoms with E-state index in [0.29, 0.717) is 24.8 Å². The van der Waals surface area contributed by atoms with Gasteiger partial charge in [0.25, 0.3) is 0 Å². The molecule has 1 unspecified atom stereocenters. The Kier molecular flexibility index (Phi) is 9.63. The number of ether oxygens (including phenoxy) is 2. The molecule has 120 valence electrons. The second kappa shape index (κ2) is 11.0. The summed E-state index contributed by atoms with van der Waals surface area (Å²) in [6, 6.07) is 7.55. The molecule has 5 heteroatoms. The Hall–Kier alpha value is -0.650. The van der Waals surface area contributed by atoms with Crippen molar-refractivity contribution in [2.45, 2.75) is 39.1 Å². The van der Waals surface area contributed by atoms with Crippen LogP contribution in [0.3, 0.4) is 0 Å². The molecule has 2 N–H and O–H groups in total. The van der Waals surface area contributed by atoms with E-state index in [2.05, 4.69) is 5.32 Å². The van der Waals surface area contributed by atoms with E-state index in [1.54, 1.807) is 0 Å². The van der Waals surface area contributed by atoms with Gasteiger partial charge in [0, 0.05) is 18.2 Å². The molecule has 0 heterocycles. The largest absolute Gasteiger partial charge is 0.389 e. The van der Waals surface area contributed by atoms with E-state index in [1.165, 1.54) is 0 Å². The van der Waals surface area contributed by atoms with Gasteiger partial charge in [-0.1, -0.05) is 29.8 Å². The first-order chi connectivity index (χ1) is 10.1. The molecule has 0 radical (unpaired) electrons. The van der Waals surface area contributed by atoms with Gasteiger partial charge in [-0.2, -0.15) is 0 Å². The number of benzene rings is 1. The van der Waals surface area contributed by atoms with E-state index in [4.69, 9.17) is 21.1 Å². The molecule has 1 atom stereocenters. The molecule has 0 saturated carbocycles. The fraction of sp³-hybridized carbons (Fsp3) is 0.625. The van der Waals surface area contributed by atoms with E-state index < -0.39 is 6.10 Å². The minimum absolute atomic E-state index is 0.272. The van der Waals surface area contributed by atoms with Crippen molar-refractivity contribution in [2.75, 3.05) is 26.3 Å². The van der Waals surface area contributed by atoms with Crippen LogP contribution in [-0.4, -0.2) is 43.6 Å². The fourth-order valence-corrected chi connectivity index (χ4v) is 1.95. The summed E-state index contributed by atoms with van der Waals surface area (Å²) in [7, 11) is 0. The summed E-state index contributed by atoms with van der Waals surface area (Å²) in [5, 5.41) is 13.7. The average molecular weight is 316 g/mol. The molecule has 0 fully saturated rings. The molecule has 0 amide bonds. The molecule has 0 aliphatic heterocycles. The minimum atomic E-state index is -0.515. The number of halogens is 1. The minimum Gasteiger partial charge on any atom is -0.389 e. The second-order valence-corrected chi connectivity index (χ2v) is 5.64. The highest BCUT2D eigenvalue weighted by Gasteiger charge is 2.05. The highest BCUT2D eigenvalue weighted by Crippen LogP contribution is 2.15. The van der Waals surface area contributed by atoms with Crippen molar-refractivity contribution in [3.63, 3.8) is 0 Å². The predicted octanol–water partition coefficient (Wildman–Crippen LogP) is 2.62. The summed E-state index contributed by atoms with van der Waals surface area (Å²) in [5.74, 6) is 0. The van der Waals surface area contributed by atoms with Crippen molar-refractivity contribution in [2.24, 2.45) is 0 Å². The zero-order chi connectivity index (χ0) is 15.5. The number of hydrogen-bond acceptors (Lipinski definition) is 4. The van der Waals surface area contributed by atoms with Gasteiger partial charge in [-0.05, 0) is 38.4 Å². The van der Waals surface area contributed by atoms with Crippen LogP contribution in [0, 0.1) is 0 Å². The lowest BCUT2D eigenvalue weighted by atomic mass is 10.2. The Labute approximate surface area is 132 Å². The average Bonchev–Trinajstić information content (AvgIpc) is 2.44. The first kappa shape index (κ1) is 18.4. The first-order valence-electron chi connectivity index (χ1n) is 7.41. The molecular weight excluding hydrogens is 290 g/mol. The van der Waals surface area contributed by atoms with Crippen LogP contribution in [0.15, 0.2) is 24.3 Å². The Bertz CT molecular complexity index is 388. The van der Waals surface area contributed by atoms with E-state index in [-0.39, 0.29) is 6.10 Å². The third-order valence-electron chi connectivity index (χ3n) is 2.85. The van der Waals surface area contributed by atoms with Crippen LogP contribution in [-0.2, 0) is 16.1 Å². The van der Waals surface area contributed by atoms with Crippen LogP contribution in [0.1, 0.15) is 25.8 Å². The molecule has 1 aromatic rings. The normalized spacial score (nSPS) is 12.8. The molecule has 21 heavy (non-hydrogen) atoms. The third kappa shape index (κ3) is 9.06. The van der Waals surface area contributed by atoms with Crippen LogP contribution in [0.2, 0.25) is 5.02 Å². The Balaban J connectivity index is 2.01. The summed E-state index contributed by atoms with van der Waals surface area (Å²) in [4.78, 5) is 0. The third-order valence-corrected chi connectivity index (χ3v) is 3.22. The SMILES string of the molecule is CC(C)OCCCNCC(O)COCc1ccccc1Cl. The van der Waals surface area contributed by atoms with E-state index in [9.17, 15) is 5.11 Å². The topological polar surface area (TPSA) is 50.7 Å². The van der Waals surface area contributed by atoms with Gasteiger partial charge in [0.2, 0.25) is 0 Å². The fourth-order valence-electron chi connectivity index (χ4n) is 1.76. The van der Waals surface area contributed by atoms with Crippen molar-refractivity contribution in [3.8, 4) is 0 Å². The second-order valence-electron chi connectivity index (χ2n) is 5.24. The van der Waals surface area contributed by atoms with Gasteiger partial charge in [-0.25, -0.2) is 0 Å². The molecule has 1 rings (SSSR count). The first-order valence-corrected chi connectivity index (χ1v) is 7.79. The van der Waals surface area contributed by atoms with Crippen molar-refractivity contribution < 1.29 is 14.6 Å². The number of hydrogen-bond donors (Lipinski definition) is 2. The smallest absolute Gasteiger partial charge is 0.0897 e. The van der Waals surface area contributed by atoms with Gasteiger partial charge in [0.15, 0.2) is 0 Å². The molecule has 1 aromatic carbocycles. The molecule has 4 nitrogen and oxygen atoms in total. The maximum Gasteiger partial charge on any atom is 0.0897 e. The molecule has 0 bridgehead atoms. The molecule has 0 aliphatic rings. The van der Waals surface area contributed by atoms with Crippen LogP contribution in [0.5, 0.6) is 0 Å². The highest BCUT2D eigenvalue weighted by molar-refractivity contribution is 6.31. The van der Waals surface area contributed by atoms with Crippen molar-refractivity contribution >= 4 is 11.6 Å². The van der Waals surface area contributed by atoms with Gasteiger partial charge in [0.05, 0.1) is 25.4 Å². The zero-order valence-electron chi connectivity index (χ0n) is 12.8. The quantitative estimate of drug-likeness (QED) is 0.616. The van der Waals surface area contributed by atoms with Gasteiger partial charge in [-0.3, -0.25) is 0 Å². The van der Waals surface area contributed by atoms with Gasteiger partial charge in [0.1, 0.15) is 0 Å². The van der Waals surface area contributed by atoms with Crippen molar-refractivity contribution in [1.29, 1.82) is 0 Å². The summed E-state index contributed by atoms with van der Waals surface area (Å²) in [5.41, 5.74) is 0.935. The number of aliphatic hydroxyl groups excluding tert-OH is 1. The molecule has 0 spiro atoms. The Morgan fingerprint density at radius 3 is 2.76 bits per heavy atom. The van der Waals surface area contributed by atoms with Crippen LogP contribution < -0.4 is 5.32 Å². The lowest BCUT2D eigenvalue weighted by Crippen LogP contribution is -2.31. The summed E-state index contributed by atoms with van der Waals surface area (Å²) in [6.45, 7) is 6.84. The maximum atomic E-state index is 9.79. The number of nitrogens with one attached hydrogen (secondary N) is 1. The Morgan fingerprint density at radius 2 is 2.05 bits per heavy atom. The predicted molar refractivity (Wildman–Crippen MR) is 85.7 cm³/mol. The van der Waals surface area contributed by atoms with E-state index >= 15 is 0 Å². The lowest BCUT2D eigenvalue weighted by Gasteiger charge is -2.13. The molecular formula is C16H26ClNO3. The summed E-state index contributed by atoms with van der Waals surface area (Å²) < 4.78 is 10.9. The summed E-state index contributed by atoms with van der Waals surface area (Å²) in [6.07, 6.45) is 0.693. The monoisotopic (exact) mass is 315 g/mol. The molecule has 0 saturated heterocycles. The van der Waals surface area contributed by atoms with Crippen LogP contribution in [0.25, 0.3) is 0 Å². The number of rotatable bonds is 11. The molecule has 0 aliphatic carbocycles. The highest BCUT2D eigenvalue weighted by atomic mass is 35.5. The van der Waals surface area contributed by atoms with Gasteiger partial charge < -0.3 is 19.9 Å². The van der Waals surface area contributed by atoms with Gasteiger partial charge in [-0.15, -0.1) is 0 Å². The summed E-state index contributed by atoms with van der Waals surface area (Å²) >= 11 is 6.03. The van der Waals surface area contributed by atoms with Crippen LogP contribution in [0.4, 0.5) is 0 Å². The van der Waals surface area contributed by atoms with Crippen molar-refractivity contribution in [1.82, 2.24) is 5.32 Å².